The summed E-state index contributed by atoms with van der Waals surface area (Å²) >= 11 is 5.72. The zero-order valence-corrected chi connectivity index (χ0v) is 11.2. The van der Waals surface area contributed by atoms with Crippen LogP contribution in [0.1, 0.15) is 11.1 Å². The normalized spacial score (nSPS) is 10.1. The largest absolute Gasteiger partial charge is 0.495 e. The molecule has 1 aromatic carbocycles. The molecular formula is C12H9ClN4O3. The molecule has 2 aromatic rings. The molecule has 0 N–H and O–H groups in total. The van der Waals surface area contributed by atoms with Gasteiger partial charge < -0.3 is 14.9 Å². The van der Waals surface area contributed by atoms with Crippen LogP contribution >= 0.6 is 11.6 Å². The summed E-state index contributed by atoms with van der Waals surface area (Å²) in [5.41, 5.74) is 1.20. The zero-order valence-electron chi connectivity index (χ0n) is 10.4. The Morgan fingerprint density at radius 3 is 2.90 bits per heavy atom. The van der Waals surface area contributed by atoms with Crippen molar-refractivity contribution < 1.29 is 9.66 Å². The first-order chi connectivity index (χ1) is 9.55. The van der Waals surface area contributed by atoms with Crippen molar-refractivity contribution in [3.8, 4) is 11.8 Å². The molecular weight excluding hydrogens is 284 g/mol. The van der Waals surface area contributed by atoms with Crippen LogP contribution in [0.5, 0.6) is 5.75 Å². The molecule has 7 nitrogen and oxygen atoms in total. The van der Waals surface area contributed by atoms with Gasteiger partial charge in [0.15, 0.2) is 5.02 Å². The first kappa shape index (κ1) is 13.8. The number of nitrogens with zero attached hydrogens (tertiary/aromatic N) is 4. The predicted octanol–water partition coefficient (Wildman–Crippen LogP) is 2.37. The number of hydrogen-bond donors (Lipinski definition) is 0. The molecule has 0 aliphatic rings. The summed E-state index contributed by atoms with van der Waals surface area (Å²) in [7, 11) is 1.47. The SMILES string of the molecule is COc1cc(Cn2cc(Cl)c([N+](=O)[O-])n2)ccc1C#N. The summed E-state index contributed by atoms with van der Waals surface area (Å²) in [5.74, 6) is 0.0602. The highest BCUT2D eigenvalue weighted by molar-refractivity contribution is 6.32. The number of halogens is 1. The molecule has 20 heavy (non-hydrogen) atoms. The van der Waals surface area contributed by atoms with E-state index in [0.29, 0.717) is 11.3 Å². The number of ether oxygens (including phenoxy) is 1. The van der Waals surface area contributed by atoms with E-state index in [1.165, 1.54) is 18.0 Å². The summed E-state index contributed by atoms with van der Waals surface area (Å²) in [6, 6.07) is 7.03. The Kier molecular flexibility index (Phi) is 3.86. The van der Waals surface area contributed by atoms with Crippen molar-refractivity contribution >= 4 is 17.4 Å². The van der Waals surface area contributed by atoms with Gasteiger partial charge in [0.1, 0.15) is 11.8 Å². The molecule has 0 fully saturated rings. The van der Waals surface area contributed by atoms with Crippen molar-refractivity contribution in [2.45, 2.75) is 6.54 Å². The lowest BCUT2D eigenvalue weighted by molar-refractivity contribution is -0.389. The van der Waals surface area contributed by atoms with Crippen molar-refractivity contribution in [3.05, 3.63) is 50.7 Å². The molecule has 0 atom stereocenters. The standard InChI is InChI=1S/C12H9ClN4O3/c1-20-11-4-8(2-3-9(11)5-14)6-16-7-10(13)12(15-16)17(18)19/h2-4,7H,6H2,1H3. The second-order valence-corrected chi connectivity index (χ2v) is 4.31. The fourth-order valence-electron chi connectivity index (χ4n) is 1.70. The van der Waals surface area contributed by atoms with E-state index in [-0.39, 0.29) is 17.4 Å². The molecule has 1 aromatic heterocycles. The number of aromatic nitrogens is 2. The minimum atomic E-state index is -0.641. The molecule has 2 rings (SSSR count). The molecule has 0 amide bonds. The average molecular weight is 293 g/mol. The van der Waals surface area contributed by atoms with Gasteiger partial charge in [-0.15, -0.1) is 0 Å². The number of nitro groups is 1. The minimum absolute atomic E-state index is 0.0180. The highest BCUT2D eigenvalue weighted by Gasteiger charge is 2.19. The quantitative estimate of drug-likeness (QED) is 0.637. The van der Waals surface area contributed by atoms with Gasteiger partial charge in [0.05, 0.1) is 30.5 Å². The molecule has 0 radical (unpaired) electrons. The summed E-state index contributed by atoms with van der Waals surface area (Å²) in [6.07, 6.45) is 1.38. The second-order valence-electron chi connectivity index (χ2n) is 3.90. The summed E-state index contributed by atoms with van der Waals surface area (Å²) in [6.45, 7) is 0.287. The molecule has 0 bridgehead atoms. The topological polar surface area (TPSA) is 94.0 Å². The van der Waals surface area contributed by atoms with Crippen LogP contribution in [0.3, 0.4) is 0 Å². The Hall–Kier alpha value is -2.59. The maximum atomic E-state index is 10.7. The number of hydrogen-bond acceptors (Lipinski definition) is 5. The molecule has 0 saturated heterocycles. The lowest BCUT2D eigenvalue weighted by Crippen LogP contribution is -2.02. The van der Waals surface area contributed by atoms with Crippen LogP contribution in [0.4, 0.5) is 5.82 Å². The van der Waals surface area contributed by atoms with Crippen LogP contribution in [0, 0.1) is 21.4 Å². The van der Waals surface area contributed by atoms with E-state index in [9.17, 15) is 10.1 Å². The Morgan fingerprint density at radius 1 is 1.60 bits per heavy atom. The number of benzene rings is 1. The van der Waals surface area contributed by atoms with Crippen LogP contribution in [0.2, 0.25) is 5.02 Å². The Balaban J connectivity index is 2.29. The van der Waals surface area contributed by atoms with E-state index in [1.807, 2.05) is 6.07 Å². The van der Waals surface area contributed by atoms with Crippen LogP contribution in [0.15, 0.2) is 24.4 Å². The molecule has 0 aliphatic carbocycles. The Bertz CT molecular complexity index is 705. The van der Waals surface area contributed by atoms with Crippen molar-refractivity contribution in [1.82, 2.24) is 9.78 Å². The number of rotatable bonds is 4. The van der Waals surface area contributed by atoms with Gasteiger partial charge in [-0.3, -0.25) is 0 Å². The Morgan fingerprint density at radius 2 is 2.35 bits per heavy atom. The molecule has 0 saturated carbocycles. The minimum Gasteiger partial charge on any atom is -0.495 e. The summed E-state index contributed by atoms with van der Waals surface area (Å²) < 4.78 is 6.46. The maximum absolute atomic E-state index is 10.7. The van der Waals surface area contributed by atoms with E-state index >= 15 is 0 Å². The summed E-state index contributed by atoms with van der Waals surface area (Å²) in [5, 5.41) is 23.3. The van der Waals surface area contributed by atoms with Crippen LogP contribution < -0.4 is 4.74 Å². The number of nitriles is 1. The third-order valence-electron chi connectivity index (χ3n) is 2.60. The van der Waals surface area contributed by atoms with Crippen molar-refractivity contribution in [3.63, 3.8) is 0 Å². The molecule has 102 valence electrons. The Labute approximate surface area is 119 Å². The molecule has 0 aliphatic heterocycles. The average Bonchev–Trinajstić information content (AvgIpc) is 2.79. The monoisotopic (exact) mass is 292 g/mol. The smallest absolute Gasteiger partial charge is 0.408 e. The van der Waals surface area contributed by atoms with E-state index in [2.05, 4.69) is 5.10 Å². The van der Waals surface area contributed by atoms with Crippen molar-refractivity contribution in [1.29, 1.82) is 5.26 Å². The lowest BCUT2D eigenvalue weighted by atomic mass is 10.1. The molecule has 1 heterocycles. The van der Waals surface area contributed by atoms with Gasteiger partial charge in [-0.1, -0.05) is 17.7 Å². The lowest BCUT2D eigenvalue weighted by Gasteiger charge is -2.05. The fraction of sp³-hybridized carbons (Fsp3) is 0.167. The van der Waals surface area contributed by atoms with Crippen molar-refractivity contribution in [2.75, 3.05) is 7.11 Å². The maximum Gasteiger partial charge on any atom is 0.408 e. The third kappa shape index (κ3) is 2.70. The fourth-order valence-corrected chi connectivity index (χ4v) is 1.92. The van der Waals surface area contributed by atoms with E-state index in [0.717, 1.165) is 5.56 Å². The van der Waals surface area contributed by atoms with E-state index in [4.69, 9.17) is 21.6 Å². The van der Waals surface area contributed by atoms with E-state index < -0.39 is 4.92 Å². The second kappa shape index (κ2) is 5.59. The van der Waals surface area contributed by atoms with Crippen molar-refractivity contribution in [2.24, 2.45) is 0 Å². The highest BCUT2D eigenvalue weighted by Crippen LogP contribution is 2.23. The third-order valence-corrected chi connectivity index (χ3v) is 2.87. The van der Waals surface area contributed by atoms with Gasteiger partial charge in [-0.2, -0.15) is 9.94 Å². The first-order valence-electron chi connectivity index (χ1n) is 5.49. The number of methoxy groups -OCH3 is 1. The van der Waals surface area contributed by atoms with Crippen LogP contribution in [-0.4, -0.2) is 21.8 Å². The highest BCUT2D eigenvalue weighted by atomic mass is 35.5. The van der Waals surface area contributed by atoms with Gasteiger partial charge >= 0.3 is 5.82 Å². The van der Waals surface area contributed by atoms with Gasteiger partial charge in [-0.25, -0.2) is 0 Å². The van der Waals surface area contributed by atoms with Gasteiger partial charge in [0.25, 0.3) is 0 Å². The van der Waals surface area contributed by atoms with Gasteiger partial charge in [-0.05, 0) is 22.6 Å². The molecule has 0 unspecified atom stereocenters. The zero-order chi connectivity index (χ0) is 14.7. The van der Waals surface area contributed by atoms with Crippen LogP contribution in [-0.2, 0) is 6.54 Å². The van der Waals surface area contributed by atoms with Gasteiger partial charge in [0.2, 0.25) is 0 Å². The van der Waals surface area contributed by atoms with E-state index in [1.54, 1.807) is 18.2 Å². The summed E-state index contributed by atoms with van der Waals surface area (Å²) in [4.78, 5) is 10.0. The van der Waals surface area contributed by atoms with Crippen LogP contribution in [0.25, 0.3) is 0 Å². The predicted molar refractivity (Wildman–Crippen MR) is 70.7 cm³/mol. The molecule has 0 spiro atoms. The molecule has 8 heteroatoms. The first-order valence-corrected chi connectivity index (χ1v) is 5.87. The van der Waals surface area contributed by atoms with Gasteiger partial charge in [0, 0.05) is 0 Å².